The van der Waals surface area contributed by atoms with Gasteiger partial charge < -0.3 is 10.1 Å². The van der Waals surface area contributed by atoms with E-state index >= 15 is 0 Å². The average Bonchev–Trinajstić information content (AvgIpc) is 2.58. The van der Waals surface area contributed by atoms with Crippen molar-refractivity contribution >= 4 is 5.91 Å². The van der Waals surface area contributed by atoms with E-state index in [1.54, 1.807) is 0 Å². The first-order chi connectivity index (χ1) is 10.8. The summed E-state index contributed by atoms with van der Waals surface area (Å²) in [5, 5.41) is 2.94. The van der Waals surface area contributed by atoms with Crippen molar-refractivity contribution in [2.24, 2.45) is 0 Å². The smallest absolute Gasteiger partial charge is 0.220 e. The Morgan fingerprint density at radius 2 is 1.68 bits per heavy atom. The number of hydrogen-bond donors (Lipinski definition) is 1. The molecule has 2 aromatic rings. The summed E-state index contributed by atoms with van der Waals surface area (Å²) in [6, 6.07) is 17.9. The van der Waals surface area contributed by atoms with Gasteiger partial charge in [0, 0.05) is 13.0 Å². The fourth-order valence-electron chi connectivity index (χ4n) is 2.06. The first-order valence-electron chi connectivity index (χ1n) is 7.80. The summed E-state index contributed by atoms with van der Waals surface area (Å²) in [5.41, 5.74) is 2.22. The molecule has 3 nitrogen and oxygen atoms in total. The van der Waals surface area contributed by atoms with Crippen molar-refractivity contribution in [1.29, 1.82) is 0 Å². The van der Waals surface area contributed by atoms with Gasteiger partial charge in [-0.3, -0.25) is 4.79 Å². The van der Waals surface area contributed by atoms with Crippen molar-refractivity contribution in [2.45, 2.75) is 39.3 Å². The highest BCUT2D eigenvalue weighted by atomic mass is 16.5. The lowest BCUT2D eigenvalue weighted by molar-refractivity contribution is -0.121. The van der Waals surface area contributed by atoms with E-state index < -0.39 is 0 Å². The lowest BCUT2D eigenvalue weighted by atomic mass is 10.1. The summed E-state index contributed by atoms with van der Waals surface area (Å²) >= 11 is 0. The second-order valence-corrected chi connectivity index (χ2v) is 5.30. The predicted molar refractivity (Wildman–Crippen MR) is 88.6 cm³/mol. The summed E-state index contributed by atoms with van der Waals surface area (Å²) in [6.07, 6.45) is 2.60. The molecule has 0 aliphatic rings. The number of nitrogens with one attached hydrogen (secondary N) is 1. The van der Waals surface area contributed by atoms with Crippen LogP contribution in [0.1, 0.15) is 37.3 Å². The number of ether oxygens (including phenoxy) is 1. The van der Waals surface area contributed by atoms with Gasteiger partial charge in [-0.1, -0.05) is 55.8 Å². The number of carbonyl (C=O) groups excluding carboxylic acids is 1. The lowest BCUT2D eigenvalue weighted by Gasteiger charge is -2.08. The fourth-order valence-corrected chi connectivity index (χ4v) is 2.06. The topological polar surface area (TPSA) is 38.3 Å². The van der Waals surface area contributed by atoms with Crippen molar-refractivity contribution < 1.29 is 9.53 Å². The molecule has 0 saturated heterocycles. The van der Waals surface area contributed by atoms with Gasteiger partial charge in [0.05, 0.1) is 0 Å². The van der Waals surface area contributed by atoms with Crippen LogP contribution in [-0.2, 0) is 17.9 Å². The van der Waals surface area contributed by atoms with E-state index in [0.717, 1.165) is 29.7 Å². The normalized spacial score (nSPS) is 10.2. The standard InChI is InChI=1S/C19H23NO2/c1-2-3-9-19(21)20-14-16-10-12-17(13-11-16)15-22-18-7-5-4-6-8-18/h4-8,10-13H,2-3,9,14-15H2,1H3,(H,20,21). The minimum atomic E-state index is 0.123. The molecule has 0 radical (unpaired) electrons. The quantitative estimate of drug-likeness (QED) is 0.797. The molecular formula is C19H23NO2. The van der Waals surface area contributed by atoms with Crippen LogP contribution in [0.4, 0.5) is 0 Å². The average molecular weight is 297 g/mol. The van der Waals surface area contributed by atoms with Crippen LogP contribution >= 0.6 is 0 Å². The number of carbonyl (C=O) groups is 1. The van der Waals surface area contributed by atoms with Crippen LogP contribution in [0.2, 0.25) is 0 Å². The van der Waals surface area contributed by atoms with Crippen molar-refractivity contribution in [3.05, 3.63) is 65.7 Å². The zero-order valence-corrected chi connectivity index (χ0v) is 13.0. The Kier molecular flexibility index (Phi) is 6.49. The monoisotopic (exact) mass is 297 g/mol. The van der Waals surface area contributed by atoms with Gasteiger partial charge in [-0.05, 0) is 29.7 Å². The van der Waals surface area contributed by atoms with Crippen molar-refractivity contribution in [1.82, 2.24) is 5.32 Å². The molecule has 0 fully saturated rings. The predicted octanol–water partition coefficient (Wildman–Crippen LogP) is 4.07. The largest absolute Gasteiger partial charge is 0.489 e. The molecule has 0 spiro atoms. The number of hydrogen-bond acceptors (Lipinski definition) is 2. The maximum atomic E-state index is 11.6. The Morgan fingerprint density at radius 1 is 1.00 bits per heavy atom. The molecule has 0 saturated carbocycles. The van der Waals surface area contributed by atoms with Crippen LogP contribution in [0.15, 0.2) is 54.6 Å². The van der Waals surface area contributed by atoms with Crippen LogP contribution in [0.5, 0.6) is 5.75 Å². The molecule has 0 bridgehead atoms. The Morgan fingerprint density at radius 3 is 2.36 bits per heavy atom. The number of unbranched alkanes of at least 4 members (excludes halogenated alkanes) is 1. The van der Waals surface area contributed by atoms with E-state index in [9.17, 15) is 4.79 Å². The summed E-state index contributed by atoms with van der Waals surface area (Å²) in [6.45, 7) is 3.22. The molecular weight excluding hydrogens is 274 g/mol. The van der Waals surface area contributed by atoms with Gasteiger partial charge in [-0.15, -0.1) is 0 Å². The third kappa shape index (κ3) is 5.60. The number of rotatable bonds is 8. The van der Waals surface area contributed by atoms with Crippen LogP contribution in [-0.4, -0.2) is 5.91 Å². The van der Waals surface area contributed by atoms with Gasteiger partial charge in [-0.25, -0.2) is 0 Å². The van der Waals surface area contributed by atoms with E-state index in [1.807, 2.05) is 54.6 Å². The van der Waals surface area contributed by atoms with Gasteiger partial charge in [0.25, 0.3) is 0 Å². The molecule has 0 aliphatic carbocycles. The van der Waals surface area contributed by atoms with Crippen LogP contribution in [0, 0.1) is 0 Å². The highest BCUT2D eigenvalue weighted by molar-refractivity contribution is 5.75. The molecule has 0 aromatic heterocycles. The van der Waals surface area contributed by atoms with E-state index in [4.69, 9.17) is 4.74 Å². The molecule has 2 aromatic carbocycles. The van der Waals surface area contributed by atoms with Crippen LogP contribution in [0.3, 0.4) is 0 Å². The Labute approximate surface area is 132 Å². The molecule has 116 valence electrons. The second kappa shape index (κ2) is 8.88. The molecule has 1 amide bonds. The van der Waals surface area contributed by atoms with Crippen LogP contribution < -0.4 is 10.1 Å². The maximum Gasteiger partial charge on any atom is 0.220 e. The van der Waals surface area contributed by atoms with Gasteiger partial charge >= 0.3 is 0 Å². The molecule has 22 heavy (non-hydrogen) atoms. The lowest BCUT2D eigenvalue weighted by Crippen LogP contribution is -2.22. The minimum Gasteiger partial charge on any atom is -0.489 e. The molecule has 3 heteroatoms. The number of benzene rings is 2. The van der Waals surface area contributed by atoms with Gasteiger partial charge in [-0.2, -0.15) is 0 Å². The number of para-hydroxylation sites is 1. The molecule has 0 heterocycles. The van der Waals surface area contributed by atoms with Gasteiger partial charge in [0.15, 0.2) is 0 Å². The molecule has 0 unspecified atom stereocenters. The molecule has 0 atom stereocenters. The summed E-state index contributed by atoms with van der Waals surface area (Å²) in [5.74, 6) is 0.994. The zero-order valence-electron chi connectivity index (χ0n) is 13.0. The van der Waals surface area contributed by atoms with E-state index in [1.165, 1.54) is 0 Å². The Balaban J connectivity index is 1.76. The van der Waals surface area contributed by atoms with E-state index in [-0.39, 0.29) is 5.91 Å². The summed E-state index contributed by atoms with van der Waals surface area (Å²) < 4.78 is 5.70. The number of amides is 1. The minimum absolute atomic E-state index is 0.123. The summed E-state index contributed by atoms with van der Waals surface area (Å²) in [7, 11) is 0. The van der Waals surface area contributed by atoms with E-state index in [2.05, 4.69) is 12.2 Å². The highest BCUT2D eigenvalue weighted by Crippen LogP contribution is 2.12. The van der Waals surface area contributed by atoms with Gasteiger partial charge in [0.2, 0.25) is 5.91 Å². The third-order valence-corrected chi connectivity index (χ3v) is 3.42. The van der Waals surface area contributed by atoms with Gasteiger partial charge in [0.1, 0.15) is 12.4 Å². The molecule has 0 aliphatic heterocycles. The first-order valence-corrected chi connectivity index (χ1v) is 7.80. The fraction of sp³-hybridized carbons (Fsp3) is 0.316. The second-order valence-electron chi connectivity index (χ2n) is 5.30. The Hall–Kier alpha value is -2.29. The van der Waals surface area contributed by atoms with E-state index in [0.29, 0.717) is 19.6 Å². The van der Waals surface area contributed by atoms with Crippen LogP contribution in [0.25, 0.3) is 0 Å². The zero-order chi connectivity index (χ0) is 15.6. The summed E-state index contributed by atoms with van der Waals surface area (Å²) in [4.78, 5) is 11.6. The van der Waals surface area contributed by atoms with Crippen molar-refractivity contribution in [2.75, 3.05) is 0 Å². The maximum absolute atomic E-state index is 11.6. The SMILES string of the molecule is CCCCC(=O)NCc1ccc(COc2ccccc2)cc1. The third-order valence-electron chi connectivity index (χ3n) is 3.42. The van der Waals surface area contributed by atoms with Crippen molar-refractivity contribution in [3.63, 3.8) is 0 Å². The Bertz CT molecular complexity index is 564. The van der Waals surface area contributed by atoms with Crippen molar-refractivity contribution in [3.8, 4) is 5.75 Å². The molecule has 2 rings (SSSR count). The molecule has 1 N–H and O–H groups in total. The first kappa shape index (κ1) is 16.1. The highest BCUT2D eigenvalue weighted by Gasteiger charge is 2.01.